The normalized spacial score (nSPS) is 12.6. The zero-order valence-electron chi connectivity index (χ0n) is 10.8. The van der Waals surface area contributed by atoms with Crippen molar-refractivity contribution in [2.75, 3.05) is 6.61 Å². The molecule has 16 heavy (non-hydrogen) atoms. The number of rotatable bonds is 5. The molecule has 1 unspecified atom stereocenters. The molecule has 0 amide bonds. The first-order chi connectivity index (χ1) is 7.56. The number of nitrogens with two attached hydrogens (primary N) is 1. The quantitative estimate of drug-likeness (QED) is 0.829. The van der Waals surface area contributed by atoms with Crippen LogP contribution in [-0.2, 0) is 6.42 Å². The van der Waals surface area contributed by atoms with E-state index in [1.807, 2.05) is 6.92 Å². The van der Waals surface area contributed by atoms with Crippen LogP contribution in [0.25, 0.3) is 0 Å². The molecular formula is C14H23NO. The standard InChI is InChI=1S/C14H23NO/c1-5-8-16-14-7-6-13(9-10(2)15)11(3)12(14)4/h6-7,10H,5,8-9,15H2,1-4H3. The minimum atomic E-state index is 0.209. The average molecular weight is 221 g/mol. The molecule has 1 aromatic carbocycles. The summed E-state index contributed by atoms with van der Waals surface area (Å²) >= 11 is 0. The molecule has 2 heteroatoms. The molecule has 0 heterocycles. The molecule has 0 aliphatic heterocycles. The van der Waals surface area contributed by atoms with E-state index in [2.05, 4.69) is 32.9 Å². The van der Waals surface area contributed by atoms with E-state index < -0.39 is 0 Å². The predicted molar refractivity (Wildman–Crippen MR) is 69.1 cm³/mol. The minimum Gasteiger partial charge on any atom is -0.493 e. The summed E-state index contributed by atoms with van der Waals surface area (Å²) in [5, 5.41) is 0. The third kappa shape index (κ3) is 3.24. The van der Waals surface area contributed by atoms with Crippen molar-refractivity contribution in [3.63, 3.8) is 0 Å². The lowest BCUT2D eigenvalue weighted by Gasteiger charge is -2.15. The van der Waals surface area contributed by atoms with E-state index in [1.54, 1.807) is 0 Å². The van der Waals surface area contributed by atoms with Crippen LogP contribution < -0.4 is 10.5 Å². The summed E-state index contributed by atoms with van der Waals surface area (Å²) in [4.78, 5) is 0. The zero-order chi connectivity index (χ0) is 12.1. The molecule has 2 nitrogen and oxygen atoms in total. The van der Waals surface area contributed by atoms with Gasteiger partial charge in [0.2, 0.25) is 0 Å². The molecule has 1 rings (SSSR count). The molecule has 90 valence electrons. The van der Waals surface area contributed by atoms with Crippen LogP contribution >= 0.6 is 0 Å². The lowest BCUT2D eigenvalue weighted by Crippen LogP contribution is -2.18. The lowest BCUT2D eigenvalue weighted by molar-refractivity contribution is 0.315. The van der Waals surface area contributed by atoms with Crippen molar-refractivity contribution in [3.05, 3.63) is 28.8 Å². The van der Waals surface area contributed by atoms with Crippen molar-refractivity contribution in [3.8, 4) is 5.75 Å². The van der Waals surface area contributed by atoms with Crippen LogP contribution in [0.2, 0.25) is 0 Å². The van der Waals surface area contributed by atoms with Crippen LogP contribution in [0.4, 0.5) is 0 Å². The van der Waals surface area contributed by atoms with E-state index in [4.69, 9.17) is 10.5 Å². The van der Waals surface area contributed by atoms with Crippen molar-refractivity contribution < 1.29 is 4.74 Å². The Balaban J connectivity index is 2.89. The highest BCUT2D eigenvalue weighted by Gasteiger charge is 2.08. The van der Waals surface area contributed by atoms with Crippen LogP contribution in [0.3, 0.4) is 0 Å². The zero-order valence-corrected chi connectivity index (χ0v) is 10.8. The van der Waals surface area contributed by atoms with E-state index in [9.17, 15) is 0 Å². The Bertz CT molecular complexity index is 345. The number of benzene rings is 1. The topological polar surface area (TPSA) is 35.2 Å². The first-order valence-corrected chi connectivity index (χ1v) is 6.03. The molecule has 0 saturated carbocycles. The van der Waals surface area contributed by atoms with Crippen molar-refractivity contribution in [2.45, 2.75) is 46.6 Å². The summed E-state index contributed by atoms with van der Waals surface area (Å²) in [5.74, 6) is 1.01. The summed E-state index contributed by atoms with van der Waals surface area (Å²) in [5.41, 5.74) is 9.71. The van der Waals surface area contributed by atoms with Gasteiger partial charge >= 0.3 is 0 Å². The maximum Gasteiger partial charge on any atom is 0.122 e. The predicted octanol–water partition coefficient (Wildman–Crippen LogP) is 2.98. The second-order valence-electron chi connectivity index (χ2n) is 4.50. The highest BCUT2D eigenvalue weighted by atomic mass is 16.5. The molecule has 0 radical (unpaired) electrons. The Morgan fingerprint density at radius 2 is 1.94 bits per heavy atom. The lowest BCUT2D eigenvalue weighted by atomic mass is 9.98. The van der Waals surface area contributed by atoms with Crippen LogP contribution in [0.1, 0.15) is 37.0 Å². The molecular weight excluding hydrogens is 198 g/mol. The van der Waals surface area contributed by atoms with Gasteiger partial charge in [-0.1, -0.05) is 13.0 Å². The SMILES string of the molecule is CCCOc1ccc(CC(C)N)c(C)c1C. The van der Waals surface area contributed by atoms with Crippen LogP contribution in [0, 0.1) is 13.8 Å². The van der Waals surface area contributed by atoms with Gasteiger partial charge in [-0.2, -0.15) is 0 Å². The summed E-state index contributed by atoms with van der Waals surface area (Å²) < 4.78 is 5.70. The van der Waals surface area contributed by atoms with Gasteiger partial charge in [-0.3, -0.25) is 0 Å². The third-order valence-electron chi connectivity index (χ3n) is 2.85. The summed E-state index contributed by atoms with van der Waals surface area (Å²) in [7, 11) is 0. The average Bonchev–Trinajstić information content (AvgIpc) is 2.23. The van der Waals surface area contributed by atoms with Crippen LogP contribution in [0.5, 0.6) is 5.75 Å². The van der Waals surface area contributed by atoms with Crippen LogP contribution in [-0.4, -0.2) is 12.6 Å². The maximum absolute atomic E-state index is 5.83. The molecule has 1 aromatic rings. The van der Waals surface area contributed by atoms with Crippen molar-refractivity contribution in [1.29, 1.82) is 0 Å². The smallest absolute Gasteiger partial charge is 0.122 e. The fraction of sp³-hybridized carbons (Fsp3) is 0.571. The van der Waals surface area contributed by atoms with Gasteiger partial charge in [-0.15, -0.1) is 0 Å². The van der Waals surface area contributed by atoms with Crippen molar-refractivity contribution in [1.82, 2.24) is 0 Å². The van der Waals surface area contributed by atoms with Gasteiger partial charge in [0.1, 0.15) is 5.75 Å². The number of hydrogen-bond donors (Lipinski definition) is 1. The fourth-order valence-electron chi connectivity index (χ4n) is 1.79. The van der Waals surface area contributed by atoms with Gasteiger partial charge < -0.3 is 10.5 Å². The molecule has 1 atom stereocenters. The molecule has 0 aliphatic carbocycles. The van der Waals surface area contributed by atoms with Gasteiger partial charge in [-0.25, -0.2) is 0 Å². The van der Waals surface area contributed by atoms with Gasteiger partial charge in [0, 0.05) is 6.04 Å². The van der Waals surface area contributed by atoms with Crippen molar-refractivity contribution in [2.24, 2.45) is 5.73 Å². The Morgan fingerprint density at radius 3 is 2.50 bits per heavy atom. The van der Waals surface area contributed by atoms with E-state index in [0.717, 1.165) is 25.2 Å². The fourth-order valence-corrected chi connectivity index (χ4v) is 1.79. The second kappa shape index (κ2) is 5.90. The summed E-state index contributed by atoms with van der Waals surface area (Å²) in [6.07, 6.45) is 1.97. The Kier molecular flexibility index (Phi) is 4.81. The van der Waals surface area contributed by atoms with Gasteiger partial charge in [0.25, 0.3) is 0 Å². The summed E-state index contributed by atoms with van der Waals surface area (Å²) in [6.45, 7) is 9.20. The molecule has 0 fully saturated rings. The summed E-state index contributed by atoms with van der Waals surface area (Å²) in [6, 6.07) is 4.41. The molecule has 2 N–H and O–H groups in total. The molecule has 0 aromatic heterocycles. The molecule has 0 aliphatic rings. The molecule has 0 spiro atoms. The van der Waals surface area contributed by atoms with E-state index in [1.165, 1.54) is 16.7 Å². The number of hydrogen-bond acceptors (Lipinski definition) is 2. The van der Waals surface area contributed by atoms with Gasteiger partial charge in [0.05, 0.1) is 6.61 Å². The highest BCUT2D eigenvalue weighted by molar-refractivity contribution is 5.43. The monoisotopic (exact) mass is 221 g/mol. The Labute approximate surface area is 98.8 Å². The van der Waals surface area contributed by atoms with E-state index in [-0.39, 0.29) is 6.04 Å². The van der Waals surface area contributed by atoms with E-state index >= 15 is 0 Å². The molecule has 0 saturated heterocycles. The van der Waals surface area contributed by atoms with E-state index in [0.29, 0.717) is 0 Å². The second-order valence-corrected chi connectivity index (χ2v) is 4.50. The van der Waals surface area contributed by atoms with Gasteiger partial charge in [0.15, 0.2) is 0 Å². The first-order valence-electron chi connectivity index (χ1n) is 6.03. The van der Waals surface area contributed by atoms with Crippen LogP contribution in [0.15, 0.2) is 12.1 Å². The maximum atomic E-state index is 5.83. The Morgan fingerprint density at radius 1 is 1.25 bits per heavy atom. The molecule has 0 bridgehead atoms. The number of ether oxygens (including phenoxy) is 1. The largest absolute Gasteiger partial charge is 0.493 e. The first kappa shape index (κ1) is 13.0. The minimum absolute atomic E-state index is 0.209. The Hall–Kier alpha value is -1.02. The van der Waals surface area contributed by atoms with Crippen molar-refractivity contribution >= 4 is 0 Å². The van der Waals surface area contributed by atoms with Gasteiger partial charge in [-0.05, 0) is 56.4 Å². The third-order valence-corrected chi connectivity index (χ3v) is 2.85. The highest BCUT2D eigenvalue weighted by Crippen LogP contribution is 2.25.